The molecule has 0 N–H and O–H groups in total. The normalized spacial score (nSPS) is 11.5. The maximum atomic E-state index is 12.6. The number of benzene rings is 1. The maximum absolute atomic E-state index is 12.6. The molecule has 1 rings (SSSR count). The summed E-state index contributed by atoms with van der Waals surface area (Å²) in [5.41, 5.74) is 0. The molecule has 0 spiro atoms. The summed E-state index contributed by atoms with van der Waals surface area (Å²) in [6, 6.07) is 5.26. The summed E-state index contributed by atoms with van der Waals surface area (Å²) in [6.07, 6.45) is 0. The smallest absolute Gasteiger partial charge is 0.740 e. The van der Waals surface area contributed by atoms with Crippen molar-refractivity contribution in [1.82, 2.24) is 0 Å². The Morgan fingerprint density at radius 1 is 1.42 bits per heavy atom. The van der Waals surface area contributed by atoms with E-state index in [2.05, 4.69) is 4.18 Å². The van der Waals surface area contributed by atoms with Crippen LogP contribution in [0.15, 0.2) is 24.3 Å². The zero-order valence-electron chi connectivity index (χ0n) is 6.32. The van der Waals surface area contributed by atoms with Gasteiger partial charge in [0.25, 0.3) is 0 Å². The summed E-state index contributed by atoms with van der Waals surface area (Å²) < 4.78 is 36.5. The second-order valence-electron chi connectivity index (χ2n) is 1.72. The Bertz CT molecular complexity index is 281. The molecule has 0 heterocycles. The quantitative estimate of drug-likeness (QED) is 0.423. The molecule has 6 heteroatoms. The van der Waals surface area contributed by atoms with E-state index in [1.807, 2.05) is 0 Å². The SMILES string of the molecule is O=S([O-])Oc1ccccc1F.[K+]. The Balaban J connectivity index is 0.00000121. The fourth-order valence-electron chi connectivity index (χ4n) is 0.586. The molecule has 3 nitrogen and oxygen atoms in total. The number of halogens is 1. The molecular formula is C6H4FKO3S. The van der Waals surface area contributed by atoms with E-state index in [1.165, 1.54) is 18.2 Å². The predicted octanol–water partition coefficient (Wildman–Crippen LogP) is -2.00. The first-order chi connectivity index (χ1) is 5.20. The number of hydrogen-bond acceptors (Lipinski definition) is 3. The van der Waals surface area contributed by atoms with Gasteiger partial charge >= 0.3 is 51.4 Å². The van der Waals surface area contributed by atoms with Crippen molar-refractivity contribution in [3.63, 3.8) is 0 Å². The Kier molecular flexibility index (Phi) is 6.56. The first-order valence-corrected chi connectivity index (χ1v) is 3.72. The molecule has 0 aliphatic rings. The molecule has 0 aromatic heterocycles. The van der Waals surface area contributed by atoms with Gasteiger partial charge in [0.1, 0.15) is 11.4 Å². The molecule has 0 fully saturated rings. The predicted molar refractivity (Wildman–Crippen MR) is 35.9 cm³/mol. The van der Waals surface area contributed by atoms with Gasteiger partial charge in [-0.05, 0) is 12.1 Å². The Hall–Kier alpha value is 0.696. The summed E-state index contributed by atoms with van der Waals surface area (Å²) in [4.78, 5) is 0. The van der Waals surface area contributed by atoms with Gasteiger partial charge in [0.05, 0.1) is 0 Å². The van der Waals surface area contributed by atoms with Gasteiger partial charge in [-0.25, -0.2) is 8.60 Å². The molecule has 1 aromatic carbocycles. The van der Waals surface area contributed by atoms with Crippen LogP contribution in [0.3, 0.4) is 0 Å². The van der Waals surface area contributed by atoms with Crippen molar-refractivity contribution in [2.24, 2.45) is 0 Å². The average Bonchev–Trinajstić information content (AvgIpc) is 1.93. The Labute approximate surface area is 114 Å². The molecule has 0 amide bonds. The van der Waals surface area contributed by atoms with Crippen molar-refractivity contribution in [2.75, 3.05) is 0 Å². The van der Waals surface area contributed by atoms with Crippen LogP contribution in [0.5, 0.6) is 5.75 Å². The average molecular weight is 214 g/mol. The fourth-order valence-corrected chi connectivity index (χ4v) is 0.867. The molecular weight excluding hydrogens is 210 g/mol. The van der Waals surface area contributed by atoms with Crippen LogP contribution in [-0.4, -0.2) is 8.76 Å². The van der Waals surface area contributed by atoms with E-state index in [0.29, 0.717) is 0 Å². The van der Waals surface area contributed by atoms with Crippen molar-refractivity contribution >= 4 is 11.4 Å². The number of hydrogen-bond donors (Lipinski definition) is 0. The van der Waals surface area contributed by atoms with Crippen molar-refractivity contribution in [3.8, 4) is 5.75 Å². The third kappa shape index (κ3) is 4.08. The van der Waals surface area contributed by atoms with Crippen molar-refractivity contribution < 1.29 is 68.7 Å². The topological polar surface area (TPSA) is 49.4 Å². The number of para-hydroxylation sites is 1. The third-order valence-corrected chi connectivity index (χ3v) is 1.31. The Morgan fingerprint density at radius 3 is 2.50 bits per heavy atom. The van der Waals surface area contributed by atoms with Crippen molar-refractivity contribution in [2.45, 2.75) is 0 Å². The van der Waals surface area contributed by atoms with Gasteiger partial charge in [-0.3, -0.25) is 0 Å². The van der Waals surface area contributed by atoms with Gasteiger partial charge in [-0.1, -0.05) is 12.1 Å². The van der Waals surface area contributed by atoms with Crippen molar-refractivity contribution in [3.05, 3.63) is 30.1 Å². The zero-order chi connectivity index (χ0) is 8.27. The van der Waals surface area contributed by atoms with E-state index in [9.17, 15) is 13.2 Å². The van der Waals surface area contributed by atoms with Gasteiger partial charge in [0.15, 0.2) is 11.6 Å². The van der Waals surface area contributed by atoms with Gasteiger partial charge in [0.2, 0.25) is 0 Å². The summed E-state index contributed by atoms with van der Waals surface area (Å²) in [6.45, 7) is 0. The van der Waals surface area contributed by atoms with Crippen LogP contribution in [0.1, 0.15) is 0 Å². The molecule has 1 aromatic rings. The first kappa shape index (κ1) is 12.7. The molecule has 12 heavy (non-hydrogen) atoms. The minimum absolute atomic E-state index is 0. The van der Waals surface area contributed by atoms with E-state index in [0.717, 1.165) is 6.07 Å². The van der Waals surface area contributed by atoms with Crippen LogP contribution in [0.4, 0.5) is 4.39 Å². The van der Waals surface area contributed by atoms with Crippen LogP contribution in [0.2, 0.25) is 0 Å². The maximum Gasteiger partial charge on any atom is 1.00 e. The molecule has 0 saturated heterocycles. The van der Waals surface area contributed by atoms with Crippen molar-refractivity contribution in [1.29, 1.82) is 0 Å². The summed E-state index contributed by atoms with van der Waals surface area (Å²) in [5.74, 6) is -0.988. The van der Waals surface area contributed by atoms with Crippen LogP contribution in [0.25, 0.3) is 0 Å². The standard InChI is InChI=1S/C6H5FO3S.K/c7-5-3-1-2-4-6(5)10-11(8)9;/h1-4H,(H,8,9);/q;+1/p-1. The molecule has 0 aliphatic heterocycles. The molecule has 0 aliphatic carbocycles. The number of rotatable bonds is 2. The van der Waals surface area contributed by atoms with E-state index in [1.54, 1.807) is 0 Å². The van der Waals surface area contributed by atoms with E-state index < -0.39 is 17.2 Å². The second kappa shape index (κ2) is 6.20. The second-order valence-corrected chi connectivity index (χ2v) is 2.29. The fraction of sp³-hybridized carbons (Fsp3) is 0. The molecule has 0 bridgehead atoms. The van der Waals surface area contributed by atoms with Gasteiger partial charge in [0, 0.05) is 0 Å². The van der Waals surface area contributed by atoms with Crippen LogP contribution in [-0.2, 0) is 11.4 Å². The monoisotopic (exact) mass is 214 g/mol. The van der Waals surface area contributed by atoms with Crippen LogP contribution in [0, 0.1) is 5.82 Å². The molecule has 1 atom stereocenters. The van der Waals surface area contributed by atoms with Gasteiger partial charge < -0.3 is 8.74 Å². The van der Waals surface area contributed by atoms with E-state index in [4.69, 9.17) is 0 Å². The minimum atomic E-state index is -2.72. The zero-order valence-corrected chi connectivity index (χ0v) is 10.3. The van der Waals surface area contributed by atoms with E-state index in [-0.39, 0.29) is 57.1 Å². The summed E-state index contributed by atoms with van der Waals surface area (Å²) >= 11 is -2.72. The third-order valence-electron chi connectivity index (χ3n) is 0.994. The van der Waals surface area contributed by atoms with Crippen LogP contribution >= 0.6 is 0 Å². The molecule has 0 radical (unpaired) electrons. The molecule has 60 valence electrons. The van der Waals surface area contributed by atoms with Crippen LogP contribution < -0.4 is 55.6 Å². The summed E-state index contributed by atoms with van der Waals surface area (Å²) in [7, 11) is 0. The minimum Gasteiger partial charge on any atom is -0.740 e. The largest absolute Gasteiger partial charge is 1.00 e. The first-order valence-electron chi connectivity index (χ1n) is 2.72. The Morgan fingerprint density at radius 2 is 2.00 bits per heavy atom. The van der Waals surface area contributed by atoms with Gasteiger partial charge in [-0.15, -0.1) is 0 Å². The van der Waals surface area contributed by atoms with Gasteiger partial charge in [-0.2, -0.15) is 0 Å². The molecule has 1 unspecified atom stereocenters. The molecule has 0 saturated carbocycles. The van der Waals surface area contributed by atoms with E-state index >= 15 is 0 Å². The summed E-state index contributed by atoms with van der Waals surface area (Å²) in [5, 5.41) is 0.